The van der Waals surface area contributed by atoms with Crippen molar-refractivity contribution >= 4 is 60.9 Å². The van der Waals surface area contributed by atoms with E-state index in [4.69, 9.17) is 13.8 Å². The average Bonchev–Trinajstić information content (AvgIpc) is 3.72. The Kier molecular flexibility index (Phi) is 5.78. The summed E-state index contributed by atoms with van der Waals surface area (Å²) in [6.07, 6.45) is 0. The smallest absolute Gasteiger partial charge is 0.227 e. The Morgan fingerprint density at radius 1 is 0.467 bits per heavy atom. The molecular weight excluding hydrogens is 552 g/mol. The van der Waals surface area contributed by atoms with Crippen LogP contribution in [0.4, 0.5) is 17.1 Å². The minimum absolute atomic E-state index is 0.624. The molecule has 0 saturated heterocycles. The van der Waals surface area contributed by atoms with Crippen molar-refractivity contribution in [2.45, 2.75) is 0 Å². The molecule has 4 heteroatoms. The predicted octanol–water partition coefficient (Wildman–Crippen LogP) is 11.7. The lowest BCUT2D eigenvalue weighted by molar-refractivity contribution is 0.621. The molecule has 0 aliphatic heterocycles. The first-order chi connectivity index (χ1) is 22.3. The number of rotatable bonds is 5. The second-order valence-electron chi connectivity index (χ2n) is 11.2. The van der Waals surface area contributed by atoms with Crippen LogP contribution in [0.3, 0.4) is 0 Å². The van der Waals surface area contributed by atoms with Crippen LogP contribution < -0.4 is 4.90 Å². The third-order valence-corrected chi connectivity index (χ3v) is 8.49. The van der Waals surface area contributed by atoms with E-state index in [1.165, 1.54) is 10.8 Å². The molecule has 0 aliphatic rings. The first-order valence-electron chi connectivity index (χ1n) is 15.0. The molecule has 212 valence electrons. The summed E-state index contributed by atoms with van der Waals surface area (Å²) in [5.41, 5.74) is 9.55. The second kappa shape index (κ2) is 10.2. The van der Waals surface area contributed by atoms with E-state index in [0.29, 0.717) is 5.89 Å². The molecule has 2 aromatic heterocycles. The number of nitrogens with zero attached hydrogens (tertiary/aromatic N) is 2. The number of hydrogen-bond donors (Lipinski definition) is 0. The van der Waals surface area contributed by atoms with Crippen molar-refractivity contribution in [3.63, 3.8) is 0 Å². The lowest BCUT2D eigenvalue weighted by Gasteiger charge is -2.25. The normalized spacial score (nSPS) is 11.6. The van der Waals surface area contributed by atoms with Crippen molar-refractivity contribution in [2.75, 3.05) is 4.90 Å². The van der Waals surface area contributed by atoms with Crippen LogP contribution in [0.5, 0.6) is 0 Å². The van der Waals surface area contributed by atoms with Gasteiger partial charge in [0.05, 0.1) is 0 Å². The summed E-state index contributed by atoms with van der Waals surface area (Å²) < 4.78 is 12.7. The molecular formula is C41H26N2O2. The van der Waals surface area contributed by atoms with Crippen LogP contribution in [-0.2, 0) is 0 Å². The molecule has 0 atom stereocenters. The van der Waals surface area contributed by atoms with Crippen LogP contribution in [0.25, 0.3) is 66.4 Å². The Labute approximate surface area is 259 Å². The zero-order valence-corrected chi connectivity index (χ0v) is 24.2. The molecule has 0 spiro atoms. The highest BCUT2D eigenvalue weighted by Crippen LogP contribution is 2.41. The number of hydrogen-bond acceptors (Lipinski definition) is 4. The Morgan fingerprint density at radius 3 is 2.04 bits per heavy atom. The van der Waals surface area contributed by atoms with Crippen LogP contribution in [0.2, 0.25) is 0 Å². The number of furan rings is 1. The Hall–Kier alpha value is -6.13. The molecule has 4 nitrogen and oxygen atoms in total. The molecule has 0 unspecified atom stereocenters. The lowest BCUT2D eigenvalue weighted by atomic mass is 10.0. The van der Waals surface area contributed by atoms with Crippen LogP contribution in [0.1, 0.15) is 0 Å². The van der Waals surface area contributed by atoms with Crippen molar-refractivity contribution in [1.82, 2.24) is 4.98 Å². The van der Waals surface area contributed by atoms with Gasteiger partial charge in [0.1, 0.15) is 16.7 Å². The first-order valence-corrected chi connectivity index (χ1v) is 15.0. The zero-order chi connectivity index (χ0) is 29.7. The van der Waals surface area contributed by atoms with Gasteiger partial charge in [-0.2, -0.15) is 0 Å². The summed E-state index contributed by atoms with van der Waals surface area (Å²) in [6, 6.07) is 54.4. The summed E-state index contributed by atoms with van der Waals surface area (Å²) in [5.74, 6) is 0.624. The number of benzene rings is 7. The monoisotopic (exact) mass is 578 g/mol. The number of para-hydroxylation sites is 2. The molecule has 7 aromatic carbocycles. The molecule has 9 rings (SSSR count). The van der Waals surface area contributed by atoms with E-state index in [1.807, 2.05) is 48.5 Å². The van der Waals surface area contributed by atoms with E-state index >= 15 is 0 Å². The number of oxazole rings is 1. The summed E-state index contributed by atoms with van der Waals surface area (Å²) in [4.78, 5) is 7.03. The number of fused-ring (bicyclic) bond motifs is 6. The fourth-order valence-corrected chi connectivity index (χ4v) is 6.37. The van der Waals surface area contributed by atoms with Crippen molar-refractivity contribution in [2.24, 2.45) is 0 Å². The molecule has 45 heavy (non-hydrogen) atoms. The predicted molar refractivity (Wildman–Crippen MR) is 184 cm³/mol. The van der Waals surface area contributed by atoms with E-state index < -0.39 is 0 Å². The summed E-state index contributed by atoms with van der Waals surface area (Å²) in [5, 5.41) is 4.68. The van der Waals surface area contributed by atoms with Crippen LogP contribution in [0, 0.1) is 0 Å². The minimum atomic E-state index is 0.624. The van der Waals surface area contributed by atoms with Gasteiger partial charge in [0.25, 0.3) is 0 Å². The molecule has 2 heterocycles. The fourth-order valence-electron chi connectivity index (χ4n) is 6.37. The second-order valence-corrected chi connectivity index (χ2v) is 11.2. The highest BCUT2D eigenvalue weighted by Gasteiger charge is 2.18. The highest BCUT2D eigenvalue weighted by molar-refractivity contribution is 6.19. The maximum Gasteiger partial charge on any atom is 0.227 e. The van der Waals surface area contributed by atoms with Crippen molar-refractivity contribution in [3.05, 3.63) is 158 Å². The molecule has 0 bridgehead atoms. The van der Waals surface area contributed by atoms with Crippen molar-refractivity contribution in [1.29, 1.82) is 0 Å². The van der Waals surface area contributed by atoms with Gasteiger partial charge in [0, 0.05) is 45.0 Å². The Bertz CT molecular complexity index is 2480. The Balaban J connectivity index is 1.14. The number of aromatic nitrogens is 1. The van der Waals surface area contributed by atoms with E-state index in [9.17, 15) is 0 Å². The minimum Gasteiger partial charge on any atom is -0.456 e. The topological polar surface area (TPSA) is 42.4 Å². The van der Waals surface area contributed by atoms with Crippen LogP contribution >= 0.6 is 0 Å². The molecule has 0 radical (unpaired) electrons. The Morgan fingerprint density at radius 2 is 1.20 bits per heavy atom. The van der Waals surface area contributed by atoms with Gasteiger partial charge in [-0.05, 0) is 77.0 Å². The van der Waals surface area contributed by atoms with Gasteiger partial charge in [-0.25, -0.2) is 4.98 Å². The van der Waals surface area contributed by atoms with Crippen LogP contribution in [-0.4, -0.2) is 4.98 Å². The SMILES string of the molecule is c1ccc(-c2nc3cccc(-c4ccc(N(c5ccccc5)c5ccc6c(c5)oc5ccc7ccccc7c56)cc4)c3o2)cc1. The third kappa shape index (κ3) is 4.27. The molecule has 0 aliphatic carbocycles. The maximum atomic E-state index is 6.43. The van der Waals surface area contributed by atoms with Crippen molar-refractivity contribution in [3.8, 4) is 22.6 Å². The van der Waals surface area contributed by atoms with Gasteiger partial charge in [-0.1, -0.05) is 91.0 Å². The van der Waals surface area contributed by atoms with Gasteiger partial charge in [0.2, 0.25) is 5.89 Å². The zero-order valence-electron chi connectivity index (χ0n) is 24.2. The first kappa shape index (κ1) is 25.4. The van der Waals surface area contributed by atoms with Gasteiger partial charge in [-0.15, -0.1) is 0 Å². The molecule has 0 amide bonds. The molecule has 0 fully saturated rings. The van der Waals surface area contributed by atoms with E-state index in [1.54, 1.807) is 0 Å². The van der Waals surface area contributed by atoms with E-state index in [-0.39, 0.29) is 0 Å². The maximum absolute atomic E-state index is 6.43. The van der Waals surface area contributed by atoms with Crippen LogP contribution in [0.15, 0.2) is 167 Å². The van der Waals surface area contributed by atoms with Gasteiger partial charge in [0.15, 0.2) is 5.58 Å². The molecule has 9 aromatic rings. The standard InChI is InChI=1S/C41H26N2O2/c1-3-11-29(12-4-1)41-42-36-17-9-16-34(40(36)45-41)28-18-21-31(22-19-28)43(30-13-5-2-6-14-30)32-23-24-35-38(26-32)44-37-25-20-27-10-7-8-15-33(27)39(35)37/h1-26H. The lowest BCUT2D eigenvalue weighted by Crippen LogP contribution is -2.09. The van der Waals surface area contributed by atoms with E-state index in [0.717, 1.165) is 66.8 Å². The fraction of sp³-hybridized carbons (Fsp3) is 0. The number of anilines is 3. The van der Waals surface area contributed by atoms with Gasteiger partial charge in [-0.3, -0.25) is 0 Å². The highest BCUT2D eigenvalue weighted by atomic mass is 16.3. The average molecular weight is 579 g/mol. The molecule has 0 saturated carbocycles. The van der Waals surface area contributed by atoms with Gasteiger partial charge < -0.3 is 13.7 Å². The summed E-state index contributed by atoms with van der Waals surface area (Å²) in [6.45, 7) is 0. The largest absolute Gasteiger partial charge is 0.456 e. The summed E-state index contributed by atoms with van der Waals surface area (Å²) in [7, 11) is 0. The summed E-state index contributed by atoms with van der Waals surface area (Å²) >= 11 is 0. The van der Waals surface area contributed by atoms with E-state index in [2.05, 4.69) is 114 Å². The molecule has 0 N–H and O–H groups in total. The quantitative estimate of drug-likeness (QED) is 0.204. The van der Waals surface area contributed by atoms with Gasteiger partial charge >= 0.3 is 0 Å². The van der Waals surface area contributed by atoms with Crippen molar-refractivity contribution < 1.29 is 8.83 Å². The third-order valence-electron chi connectivity index (χ3n) is 8.49.